The summed E-state index contributed by atoms with van der Waals surface area (Å²) in [4.78, 5) is 8.04. The standard InChI is InChI=1S/C11H9N5O3/c1-18-6-2-3-8(17)7(4-6)11-14-10(16-19-11)9-12-5-13-15-9/h2-5,17H,1H3,(H,12,13,15). The Morgan fingerprint density at radius 1 is 1.37 bits per heavy atom. The van der Waals surface area contributed by atoms with Crippen molar-refractivity contribution in [3.8, 4) is 34.6 Å². The van der Waals surface area contributed by atoms with Gasteiger partial charge in [0.25, 0.3) is 5.89 Å². The van der Waals surface area contributed by atoms with E-state index in [1.165, 1.54) is 19.5 Å². The SMILES string of the molecule is COc1ccc(O)c(-c2nc(-c3ncn[nH]3)no2)c1. The molecule has 8 nitrogen and oxygen atoms in total. The monoisotopic (exact) mass is 259 g/mol. The second-order valence-corrected chi connectivity index (χ2v) is 3.64. The molecule has 0 amide bonds. The van der Waals surface area contributed by atoms with E-state index in [1.54, 1.807) is 12.1 Å². The molecule has 3 rings (SSSR count). The summed E-state index contributed by atoms with van der Waals surface area (Å²) in [6.07, 6.45) is 1.34. The van der Waals surface area contributed by atoms with Crippen molar-refractivity contribution in [2.75, 3.05) is 7.11 Å². The molecule has 0 aliphatic heterocycles. The molecule has 0 bridgehead atoms. The number of ether oxygens (including phenoxy) is 1. The molecule has 0 spiro atoms. The average Bonchev–Trinajstić information content (AvgIpc) is 3.10. The Bertz CT molecular complexity index is 692. The zero-order valence-corrected chi connectivity index (χ0v) is 9.86. The van der Waals surface area contributed by atoms with Gasteiger partial charge in [-0.2, -0.15) is 10.1 Å². The zero-order chi connectivity index (χ0) is 13.2. The molecule has 8 heteroatoms. The van der Waals surface area contributed by atoms with Gasteiger partial charge in [-0.3, -0.25) is 5.10 Å². The summed E-state index contributed by atoms with van der Waals surface area (Å²) in [5, 5.41) is 19.9. The molecule has 96 valence electrons. The van der Waals surface area contributed by atoms with Crippen molar-refractivity contribution >= 4 is 0 Å². The number of nitrogens with zero attached hydrogens (tertiary/aromatic N) is 4. The minimum absolute atomic E-state index is 0.0218. The minimum Gasteiger partial charge on any atom is -0.507 e. The van der Waals surface area contributed by atoms with Crippen LogP contribution >= 0.6 is 0 Å². The van der Waals surface area contributed by atoms with E-state index >= 15 is 0 Å². The molecule has 2 N–H and O–H groups in total. The quantitative estimate of drug-likeness (QED) is 0.727. The molecule has 2 aromatic heterocycles. The van der Waals surface area contributed by atoms with E-state index in [4.69, 9.17) is 9.26 Å². The van der Waals surface area contributed by atoms with E-state index in [0.717, 1.165) is 0 Å². The Balaban J connectivity index is 2.03. The molecular weight excluding hydrogens is 250 g/mol. The van der Waals surface area contributed by atoms with E-state index in [1.807, 2.05) is 0 Å². The lowest BCUT2D eigenvalue weighted by Crippen LogP contribution is -1.86. The normalized spacial score (nSPS) is 10.6. The predicted octanol–water partition coefficient (Wildman–Crippen LogP) is 1.24. The van der Waals surface area contributed by atoms with E-state index in [2.05, 4.69) is 25.3 Å². The number of H-pyrrole nitrogens is 1. The van der Waals surface area contributed by atoms with Crippen LogP contribution in [0.4, 0.5) is 0 Å². The zero-order valence-electron chi connectivity index (χ0n) is 9.86. The molecule has 0 radical (unpaired) electrons. The van der Waals surface area contributed by atoms with Crippen LogP contribution in [0.1, 0.15) is 0 Å². The molecule has 2 heterocycles. The molecule has 0 aliphatic rings. The van der Waals surface area contributed by atoms with Crippen molar-refractivity contribution in [2.45, 2.75) is 0 Å². The van der Waals surface area contributed by atoms with Crippen LogP contribution < -0.4 is 4.74 Å². The van der Waals surface area contributed by atoms with E-state index in [0.29, 0.717) is 17.1 Å². The van der Waals surface area contributed by atoms with Gasteiger partial charge in [0.05, 0.1) is 12.7 Å². The summed E-state index contributed by atoms with van der Waals surface area (Å²) in [6, 6.07) is 4.73. The lowest BCUT2D eigenvalue weighted by Gasteiger charge is -2.02. The van der Waals surface area contributed by atoms with Gasteiger partial charge in [-0.05, 0) is 18.2 Å². The van der Waals surface area contributed by atoms with Gasteiger partial charge in [0.1, 0.15) is 17.8 Å². The number of aromatic hydroxyl groups is 1. The molecule has 0 aliphatic carbocycles. The first-order valence-corrected chi connectivity index (χ1v) is 5.35. The van der Waals surface area contributed by atoms with Crippen LogP contribution in [-0.2, 0) is 0 Å². The van der Waals surface area contributed by atoms with Crippen LogP contribution in [-0.4, -0.2) is 37.5 Å². The Kier molecular flexibility index (Phi) is 2.60. The summed E-state index contributed by atoms with van der Waals surface area (Å²) < 4.78 is 10.2. The fraction of sp³-hybridized carbons (Fsp3) is 0.0909. The van der Waals surface area contributed by atoms with Gasteiger partial charge >= 0.3 is 0 Å². The van der Waals surface area contributed by atoms with Crippen molar-refractivity contribution in [1.29, 1.82) is 0 Å². The summed E-state index contributed by atoms with van der Waals surface area (Å²) >= 11 is 0. The average molecular weight is 259 g/mol. The topological polar surface area (TPSA) is 110 Å². The maximum atomic E-state index is 9.80. The smallest absolute Gasteiger partial charge is 0.262 e. The van der Waals surface area contributed by atoms with Crippen LogP contribution in [0.2, 0.25) is 0 Å². The summed E-state index contributed by atoms with van der Waals surface area (Å²) in [6.45, 7) is 0. The largest absolute Gasteiger partial charge is 0.507 e. The van der Waals surface area contributed by atoms with Crippen LogP contribution in [0, 0.1) is 0 Å². The first-order chi connectivity index (χ1) is 9.28. The number of phenolic OH excluding ortho intramolecular Hbond substituents is 1. The Morgan fingerprint density at radius 3 is 3.00 bits per heavy atom. The molecule has 3 aromatic rings. The highest BCUT2D eigenvalue weighted by Gasteiger charge is 2.16. The van der Waals surface area contributed by atoms with Crippen molar-refractivity contribution in [1.82, 2.24) is 25.3 Å². The molecule has 0 fully saturated rings. The fourth-order valence-electron chi connectivity index (χ4n) is 1.56. The highest BCUT2D eigenvalue weighted by atomic mass is 16.5. The van der Waals surface area contributed by atoms with Crippen LogP contribution in [0.5, 0.6) is 11.5 Å². The van der Waals surface area contributed by atoms with Gasteiger partial charge in [-0.1, -0.05) is 5.16 Å². The van der Waals surface area contributed by atoms with Gasteiger partial charge in [-0.25, -0.2) is 4.98 Å². The molecule has 19 heavy (non-hydrogen) atoms. The Hall–Kier alpha value is -2.90. The summed E-state index contributed by atoms with van der Waals surface area (Å²) in [5.41, 5.74) is 0.387. The first-order valence-electron chi connectivity index (χ1n) is 5.35. The lowest BCUT2D eigenvalue weighted by atomic mass is 10.2. The maximum Gasteiger partial charge on any atom is 0.262 e. The molecule has 1 aromatic carbocycles. The number of hydrogen-bond donors (Lipinski definition) is 2. The second kappa shape index (κ2) is 4.41. The fourth-order valence-corrected chi connectivity index (χ4v) is 1.56. The molecular formula is C11H9N5O3. The van der Waals surface area contributed by atoms with Crippen molar-refractivity contribution in [2.24, 2.45) is 0 Å². The number of rotatable bonds is 3. The Morgan fingerprint density at radius 2 is 2.26 bits per heavy atom. The highest BCUT2D eigenvalue weighted by molar-refractivity contribution is 5.65. The first kappa shape index (κ1) is 11.2. The second-order valence-electron chi connectivity index (χ2n) is 3.64. The van der Waals surface area contributed by atoms with E-state index in [9.17, 15) is 5.11 Å². The number of phenols is 1. The third-order valence-electron chi connectivity index (χ3n) is 2.49. The van der Waals surface area contributed by atoms with Crippen molar-refractivity contribution in [3.05, 3.63) is 24.5 Å². The van der Waals surface area contributed by atoms with Gasteiger partial charge in [0.15, 0.2) is 5.82 Å². The van der Waals surface area contributed by atoms with Crippen LogP contribution in [0.15, 0.2) is 29.0 Å². The number of hydrogen-bond acceptors (Lipinski definition) is 7. The van der Waals surface area contributed by atoms with Crippen molar-refractivity contribution in [3.63, 3.8) is 0 Å². The van der Waals surface area contributed by atoms with Gasteiger partial charge in [0.2, 0.25) is 5.82 Å². The van der Waals surface area contributed by atoms with E-state index < -0.39 is 0 Å². The molecule has 0 saturated carbocycles. The highest BCUT2D eigenvalue weighted by Crippen LogP contribution is 2.32. The number of aromatic nitrogens is 5. The number of nitrogens with one attached hydrogen (secondary N) is 1. The number of benzene rings is 1. The van der Waals surface area contributed by atoms with Crippen molar-refractivity contribution < 1.29 is 14.4 Å². The number of methoxy groups -OCH3 is 1. The van der Waals surface area contributed by atoms with Gasteiger partial charge < -0.3 is 14.4 Å². The van der Waals surface area contributed by atoms with Gasteiger partial charge in [-0.15, -0.1) is 0 Å². The lowest BCUT2D eigenvalue weighted by molar-refractivity contribution is 0.408. The molecule has 0 saturated heterocycles. The van der Waals surface area contributed by atoms with E-state index in [-0.39, 0.29) is 17.5 Å². The van der Waals surface area contributed by atoms with Gasteiger partial charge in [0, 0.05) is 0 Å². The summed E-state index contributed by atoms with van der Waals surface area (Å²) in [5.74, 6) is 1.41. The third kappa shape index (κ3) is 1.99. The minimum atomic E-state index is 0.0218. The maximum absolute atomic E-state index is 9.80. The molecule has 0 atom stereocenters. The van der Waals surface area contributed by atoms with Crippen LogP contribution in [0.25, 0.3) is 23.1 Å². The Labute approximate surface area is 107 Å². The molecule has 0 unspecified atom stereocenters. The van der Waals surface area contributed by atoms with Crippen LogP contribution in [0.3, 0.4) is 0 Å². The number of aromatic amines is 1. The summed E-state index contributed by atoms with van der Waals surface area (Å²) in [7, 11) is 1.53. The predicted molar refractivity (Wildman–Crippen MR) is 63.3 cm³/mol. The third-order valence-corrected chi connectivity index (χ3v) is 2.49.